The van der Waals surface area contributed by atoms with Crippen LogP contribution >= 0.6 is 0 Å². The molecular formula is C14H12F5N3. The van der Waals surface area contributed by atoms with Crippen molar-refractivity contribution in [1.82, 2.24) is 9.97 Å². The third-order valence-corrected chi connectivity index (χ3v) is 3.12. The molecule has 0 aliphatic rings. The largest absolute Gasteiger partial charge is 0.417 e. The van der Waals surface area contributed by atoms with E-state index in [1.807, 2.05) is 0 Å². The van der Waals surface area contributed by atoms with Crippen molar-refractivity contribution in [3.8, 4) is 11.4 Å². The van der Waals surface area contributed by atoms with Crippen LogP contribution in [0.1, 0.15) is 23.7 Å². The minimum atomic E-state index is -4.80. The van der Waals surface area contributed by atoms with Gasteiger partial charge in [-0.2, -0.15) is 13.2 Å². The third-order valence-electron chi connectivity index (χ3n) is 3.12. The SMILES string of the molecule is CCc1nc(-c2c(C(F)(F)F)ccc(CN)c2F)ncc1F. The molecule has 22 heavy (non-hydrogen) atoms. The Morgan fingerprint density at radius 2 is 1.86 bits per heavy atom. The number of benzene rings is 1. The molecule has 0 saturated heterocycles. The molecule has 0 saturated carbocycles. The zero-order chi connectivity index (χ0) is 16.5. The summed E-state index contributed by atoms with van der Waals surface area (Å²) < 4.78 is 67.0. The number of aryl methyl sites for hydroxylation is 1. The second-order valence-electron chi connectivity index (χ2n) is 4.50. The fourth-order valence-electron chi connectivity index (χ4n) is 2.00. The third kappa shape index (κ3) is 2.92. The summed E-state index contributed by atoms with van der Waals surface area (Å²) in [5.41, 5.74) is 3.08. The zero-order valence-electron chi connectivity index (χ0n) is 11.5. The molecule has 1 aromatic carbocycles. The molecule has 0 unspecified atom stereocenters. The Labute approximate surface area is 123 Å². The van der Waals surface area contributed by atoms with E-state index in [1.165, 1.54) is 0 Å². The van der Waals surface area contributed by atoms with Crippen molar-refractivity contribution < 1.29 is 22.0 Å². The van der Waals surface area contributed by atoms with E-state index >= 15 is 0 Å². The van der Waals surface area contributed by atoms with Gasteiger partial charge in [-0.25, -0.2) is 18.7 Å². The van der Waals surface area contributed by atoms with E-state index < -0.39 is 34.8 Å². The molecule has 0 radical (unpaired) electrons. The second kappa shape index (κ2) is 5.96. The number of nitrogens with two attached hydrogens (primary N) is 1. The summed E-state index contributed by atoms with van der Waals surface area (Å²) in [7, 11) is 0. The van der Waals surface area contributed by atoms with Gasteiger partial charge in [0.1, 0.15) is 5.82 Å². The number of alkyl halides is 3. The first kappa shape index (κ1) is 16.3. The van der Waals surface area contributed by atoms with Crippen LogP contribution in [0.5, 0.6) is 0 Å². The predicted molar refractivity (Wildman–Crippen MR) is 69.7 cm³/mol. The van der Waals surface area contributed by atoms with Crippen LogP contribution in [0.3, 0.4) is 0 Å². The molecule has 0 fully saturated rings. The molecule has 0 amide bonds. The summed E-state index contributed by atoms with van der Waals surface area (Å²) in [6.07, 6.45) is -3.93. The average molecular weight is 317 g/mol. The lowest BCUT2D eigenvalue weighted by molar-refractivity contribution is -0.137. The smallest absolute Gasteiger partial charge is 0.326 e. The van der Waals surface area contributed by atoms with E-state index in [4.69, 9.17) is 5.73 Å². The topological polar surface area (TPSA) is 51.8 Å². The zero-order valence-corrected chi connectivity index (χ0v) is 11.5. The van der Waals surface area contributed by atoms with Gasteiger partial charge in [-0.05, 0) is 12.5 Å². The maximum atomic E-state index is 14.3. The van der Waals surface area contributed by atoms with Crippen molar-refractivity contribution in [2.75, 3.05) is 0 Å². The predicted octanol–water partition coefficient (Wildman–Crippen LogP) is 3.46. The van der Waals surface area contributed by atoms with Crippen LogP contribution in [-0.4, -0.2) is 9.97 Å². The van der Waals surface area contributed by atoms with E-state index in [1.54, 1.807) is 6.92 Å². The van der Waals surface area contributed by atoms with E-state index in [0.717, 1.165) is 18.3 Å². The fourth-order valence-corrected chi connectivity index (χ4v) is 2.00. The molecule has 2 aromatic rings. The number of hydrogen-bond acceptors (Lipinski definition) is 3. The monoisotopic (exact) mass is 317 g/mol. The molecule has 2 N–H and O–H groups in total. The van der Waals surface area contributed by atoms with Gasteiger partial charge in [0.15, 0.2) is 11.6 Å². The standard InChI is InChI=1S/C14H12F5N3/c1-2-10-9(15)6-21-13(22-10)11-8(14(17,18)19)4-3-7(5-20)12(11)16/h3-4,6H,2,5,20H2,1H3. The highest BCUT2D eigenvalue weighted by Gasteiger charge is 2.36. The van der Waals surface area contributed by atoms with Crippen LogP contribution in [-0.2, 0) is 19.1 Å². The molecule has 0 bridgehead atoms. The molecule has 118 valence electrons. The minimum absolute atomic E-state index is 0.0873. The summed E-state index contributed by atoms with van der Waals surface area (Å²) >= 11 is 0. The fraction of sp³-hybridized carbons (Fsp3) is 0.286. The van der Waals surface area contributed by atoms with Gasteiger partial charge in [-0.1, -0.05) is 13.0 Å². The molecule has 1 heterocycles. The maximum Gasteiger partial charge on any atom is 0.417 e. The van der Waals surface area contributed by atoms with E-state index in [9.17, 15) is 22.0 Å². The first-order valence-electron chi connectivity index (χ1n) is 6.40. The molecule has 1 aromatic heterocycles. The molecule has 0 aliphatic carbocycles. The Kier molecular flexibility index (Phi) is 4.41. The second-order valence-corrected chi connectivity index (χ2v) is 4.50. The van der Waals surface area contributed by atoms with Crippen LogP contribution in [0.25, 0.3) is 11.4 Å². The minimum Gasteiger partial charge on any atom is -0.326 e. The van der Waals surface area contributed by atoms with Gasteiger partial charge in [0.05, 0.1) is 23.0 Å². The van der Waals surface area contributed by atoms with E-state index in [-0.39, 0.29) is 24.2 Å². The first-order chi connectivity index (χ1) is 10.3. The first-order valence-corrected chi connectivity index (χ1v) is 6.40. The van der Waals surface area contributed by atoms with Crippen LogP contribution in [0, 0.1) is 11.6 Å². The highest BCUT2D eigenvalue weighted by atomic mass is 19.4. The molecule has 8 heteroatoms. The highest BCUT2D eigenvalue weighted by molar-refractivity contribution is 5.63. The van der Waals surface area contributed by atoms with E-state index in [0.29, 0.717) is 0 Å². The lowest BCUT2D eigenvalue weighted by atomic mass is 10.0. The quantitative estimate of drug-likeness (QED) is 0.882. The number of halogens is 5. The van der Waals surface area contributed by atoms with Crippen molar-refractivity contribution in [3.63, 3.8) is 0 Å². The summed E-state index contributed by atoms with van der Waals surface area (Å²) in [6.45, 7) is 1.30. The molecule has 2 rings (SSSR count). The average Bonchev–Trinajstić information content (AvgIpc) is 2.46. The molecule has 0 spiro atoms. The molecule has 0 aliphatic heterocycles. The molecule has 3 nitrogen and oxygen atoms in total. The Bertz CT molecular complexity index is 698. The van der Waals surface area contributed by atoms with Crippen molar-refractivity contribution in [2.24, 2.45) is 5.73 Å². The normalized spacial score (nSPS) is 11.8. The van der Waals surface area contributed by atoms with Gasteiger partial charge in [0, 0.05) is 12.1 Å². The summed E-state index contributed by atoms with van der Waals surface area (Å²) in [5, 5.41) is 0. The van der Waals surface area contributed by atoms with Crippen LogP contribution in [0.15, 0.2) is 18.3 Å². The van der Waals surface area contributed by atoms with E-state index in [2.05, 4.69) is 9.97 Å². The van der Waals surface area contributed by atoms with Gasteiger partial charge in [0.2, 0.25) is 0 Å². The Morgan fingerprint density at radius 3 is 2.41 bits per heavy atom. The lowest BCUT2D eigenvalue weighted by Gasteiger charge is -2.15. The molecule has 0 atom stereocenters. The summed E-state index contributed by atoms with van der Waals surface area (Å²) in [6, 6.07) is 1.69. The van der Waals surface area contributed by atoms with Gasteiger partial charge >= 0.3 is 6.18 Å². The maximum absolute atomic E-state index is 14.3. The highest BCUT2D eigenvalue weighted by Crippen LogP contribution is 2.38. The number of aromatic nitrogens is 2. The lowest BCUT2D eigenvalue weighted by Crippen LogP contribution is -2.13. The van der Waals surface area contributed by atoms with Gasteiger partial charge in [-0.3, -0.25) is 0 Å². The van der Waals surface area contributed by atoms with Crippen LogP contribution in [0.2, 0.25) is 0 Å². The van der Waals surface area contributed by atoms with Gasteiger partial charge < -0.3 is 5.73 Å². The van der Waals surface area contributed by atoms with Crippen molar-refractivity contribution in [3.05, 3.63) is 46.8 Å². The Morgan fingerprint density at radius 1 is 1.18 bits per heavy atom. The number of nitrogens with zero attached hydrogens (tertiary/aromatic N) is 2. The van der Waals surface area contributed by atoms with Gasteiger partial charge in [0.25, 0.3) is 0 Å². The Hall–Kier alpha value is -2.09. The van der Waals surface area contributed by atoms with Crippen molar-refractivity contribution >= 4 is 0 Å². The van der Waals surface area contributed by atoms with Crippen LogP contribution in [0.4, 0.5) is 22.0 Å². The Balaban J connectivity index is 2.77. The number of hydrogen-bond donors (Lipinski definition) is 1. The molecular weight excluding hydrogens is 305 g/mol. The van der Waals surface area contributed by atoms with Gasteiger partial charge in [-0.15, -0.1) is 0 Å². The summed E-state index contributed by atoms with van der Waals surface area (Å²) in [5.74, 6) is -2.42. The van der Waals surface area contributed by atoms with Crippen molar-refractivity contribution in [1.29, 1.82) is 0 Å². The number of rotatable bonds is 3. The van der Waals surface area contributed by atoms with Crippen LogP contribution < -0.4 is 5.73 Å². The summed E-state index contributed by atoms with van der Waals surface area (Å²) in [4.78, 5) is 7.21. The van der Waals surface area contributed by atoms with Crippen molar-refractivity contribution in [2.45, 2.75) is 26.1 Å².